The number of rotatable bonds is 3. The first-order valence-electron chi connectivity index (χ1n) is 4.38. The van der Waals surface area contributed by atoms with Crippen molar-refractivity contribution in [1.29, 1.82) is 10.8 Å². The van der Waals surface area contributed by atoms with E-state index in [0.29, 0.717) is 0 Å². The Hall–Kier alpha value is -1.27. The Kier molecular flexibility index (Phi) is 10.7. The van der Waals surface area contributed by atoms with Crippen molar-refractivity contribution in [3.63, 3.8) is 0 Å². The van der Waals surface area contributed by atoms with Crippen molar-refractivity contribution in [2.45, 2.75) is 13.8 Å². The van der Waals surface area contributed by atoms with E-state index in [1.807, 2.05) is 6.07 Å². The quantitative estimate of drug-likeness (QED) is 0.726. The highest BCUT2D eigenvalue weighted by Crippen LogP contribution is 2.11. The monoisotopic (exact) mass is 213 g/mol. The number of halogens is 1. The molecule has 0 unspecified atom stereocenters. The largest absolute Gasteiger partial charge is 0.372 e. The molecule has 0 heterocycles. The summed E-state index contributed by atoms with van der Waals surface area (Å²) in [5.74, 6) is 0. The Balaban J connectivity index is 0. The van der Waals surface area contributed by atoms with Crippen LogP contribution in [-0.4, -0.2) is 13.1 Å². The minimum Gasteiger partial charge on any atom is -0.372 e. The lowest BCUT2D eigenvalue weighted by Crippen LogP contribution is -2.21. The third kappa shape index (κ3) is 4.68. The minimum atomic E-state index is 0. The molecule has 0 radical (unpaired) electrons. The summed E-state index contributed by atoms with van der Waals surface area (Å²) in [6, 6.07) is 10.5. The first-order chi connectivity index (χ1) is 6.38. The van der Waals surface area contributed by atoms with Crippen molar-refractivity contribution >= 4 is 18.1 Å². The standard InChI is InChI=1S/C10H15N.ClH.N2/c1-3-11(4-2)10-8-6-5-7-9-10;;1-2/h5-9H,3-4H2,1-2H3;1H;. The first kappa shape index (κ1) is 15.2. The molecular weight excluding hydrogens is 198 g/mol. The zero-order chi connectivity index (χ0) is 10.1. The Bertz CT molecular complexity index is 232. The molecule has 0 spiro atoms. The van der Waals surface area contributed by atoms with Gasteiger partial charge in [0.25, 0.3) is 0 Å². The van der Waals surface area contributed by atoms with E-state index in [1.165, 1.54) is 5.69 Å². The molecule has 0 aliphatic heterocycles. The molecule has 0 aliphatic rings. The van der Waals surface area contributed by atoms with E-state index >= 15 is 0 Å². The highest BCUT2D eigenvalue weighted by molar-refractivity contribution is 5.85. The molecule has 1 aromatic rings. The summed E-state index contributed by atoms with van der Waals surface area (Å²) < 4.78 is 0. The second-order valence-corrected chi connectivity index (χ2v) is 2.51. The molecular formula is C10H16ClN3. The molecule has 4 heteroatoms. The van der Waals surface area contributed by atoms with Crippen molar-refractivity contribution in [1.82, 2.24) is 0 Å². The highest BCUT2D eigenvalue weighted by Gasteiger charge is 1.97. The van der Waals surface area contributed by atoms with Gasteiger partial charge in [0.15, 0.2) is 0 Å². The Labute approximate surface area is 91.6 Å². The van der Waals surface area contributed by atoms with Crippen LogP contribution in [0.4, 0.5) is 5.69 Å². The van der Waals surface area contributed by atoms with Crippen molar-refractivity contribution in [2.24, 2.45) is 0 Å². The zero-order valence-electron chi connectivity index (χ0n) is 8.55. The van der Waals surface area contributed by atoms with Gasteiger partial charge in [0, 0.05) is 29.6 Å². The number of anilines is 1. The Morgan fingerprint density at radius 1 is 1.00 bits per heavy atom. The molecule has 0 saturated heterocycles. The van der Waals surface area contributed by atoms with Gasteiger partial charge in [-0.3, -0.25) is 0 Å². The van der Waals surface area contributed by atoms with E-state index in [0.717, 1.165) is 13.1 Å². The second-order valence-electron chi connectivity index (χ2n) is 2.51. The van der Waals surface area contributed by atoms with Gasteiger partial charge in [0.2, 0.25) is 0 Å². The summed E-state index contributed by atoms with van der Waals surface area (Å²) in [5.41, 5.74) is 1.32. The van der Waals surface area contributed by atoms with Crippen molar-refractivity contribution in [3.05, 3.63) is 30.3 Å². The summed E-state index contributed by atoms with van der Waals surface area (Å²) in [7, 11) is 0. The number of para-hydroxylation sites is 1. The molecule has 3 nitrogen and oxygen atoms in total. The van der Waals surface area contributed by atoms with Crippen LogP contribution in [0.15, 0.2) is 30.3 Å². The van der Waals surface area contributed by atoms with Crippen LogP contribution in [0.3, 0.4) is 0 Å². The predicted octanol–water partition coefficient (Wildman–Crippen LogP) is 2.98. The van der Waals surface area contributed by atoms with Gasteiger partial charge in [-0.1, -0.05) is 18.2 Å². The fraction of sp³-hybridized carbons (Fsp3) is 0.400. The van der Waals surface area contributed by atoms with Crippen LogP contribution in [0, 0.1) is 10.8 Å². The molecule has 0 saturated carbocycles. The van der Waals surface area contributed by atoms with E-state index in [9.17, 15) is 0 Å². The predicted molar refractivity (Wildman–Crippen MR) is 60.7 cm³/mol. The topological polar surface area (TPSA) is 50.8 Å². The first-order valence-corrected chi connectivity index (χ1v) is 4.38. The summed E-state index contributed by atoms with van der Waals surface area (Å²) in [5, 5.41) is 12.0. The maximum atomic E-state index is 6.00. The molecule has 78 valence electrons. The number of benzene rings is 1. The number of nitrogens with zero attached hydrogens (tertiary/aromatic N) is 3. The van der Waals surface area contributed by atoms with Crippen LogP contribution in [0.1, 0.15) is 13.8 Å². The Morgan fingerprint density at radius 2 is 1.43 bits per heavy atom. The van der Waals surface area contributed by atoms with Gasteiger partial charge in [-0.15, -0.1) is 12.4 Å². The van der Waals surface area contributed by atoms with Crippen molar-refractivity contribution in [3.8, 4) is 0 Å². The van der Waals surface area contributed by atoms with E-state index in [1.54, 1.807) is 0 Å². The molecule has 0 N–H and O–H groups in total. The average Bonchev–Trinajstić information content (AvgIpc) is 2.24. The van der Waals surface area contributed by atoms with Gasteiger partial charge >= 0.3 is 0 Å². The highest BCUT2D eigenvalue weighted by atomic mass is 35.5. The molecule has 0 amide bonds. The van der Waals surface area contributed by atoms with Crippen LogP contribution in [-0.2, 0) is 0 Å². The van der Waals surface area contributed by atoms with Gasteiger partial charge in [0.1, 0.15) is 0 Å². The number of hydrogen-bond acceptors (Lipinski definition) is 3. The lowest BCUT2D eigenvalue weighted by molar-refractivity contribution is 0.866. The van der Waals surface area contributed by atoms with Gasteiger partial charge in [-0.05, 0) is 26.0 Å². The maximum absolute atomic E-state index is 6.00. The third-order valence-corrected chi connectivity index (χ3v) is 1.88. The van der Waals surface area contributed by atoms with Crippen molar-refractivity contribution in [2.75, 3.05) is 18.0 Å². The Morgan fingerprint density at radius 3 is 1.79 bits per heavy atom. The normalized spacial score (nSPS) is 7.71. The number of hydrogen-bond donors (Lipinski definition) is 0. The lowest BCUT2D eigenvalue weighted by Gasteiger charge is -2.20. The van der Waals surface area contributed by atoms with Crippen LogP contribution in [0.2, 0.25) is 0 Å². The van der Waals surface area contributed by atoms with Crippen molar-refractivity contribution < 1.29 is 0 Å². The minimum absolute atomic E-state index is 0. The van der Waals surface area contributed by atoms with E-state index in [-0.39, 0.29) is 12.4 Å². The molecule has 0 fully saturated rings. The van der Waals surface area contributed by atoms with Gasteiger partial charge in [-0.25, -0.2) is 0 Å². The average molecular weight is 214 g/mol. The summed E-state index contributed by atoms with van der Waals surface area (Å²) in [6.07, 6.45) is 0. The fourth-order valence-electron chi connectivity index (χ4n) is 1.23. The maximum Gasteiger partial charge on any atom is 0.0365 e. The molecule has 14 heavy (non-hydrogen) atoms. The molecule has 1 rings (SSSR count). The SMILES string of the molecule is CCN(CC)c1ccccc1.Cl.N#N. The zero-order valence-corrected chi connectivity index (χ0v) is 9.37. The second kappa shape index (κ2) is 9.82. The van der Waals surface area contributed by atoms with Crippen LogP contribution >= 0.6 is 12.4 Å². The van der Waals surface area contributed by atoms with E-state index in [4.69, 9.17) is 10.8 Å². The molecule has 1 aromatic carbocycles. The third-order valence-electron chi connectivity index (χ3n) is 1.88. The van der Waals surface area contributed by atoms with Gasteiger partial charge in [0.05, 0.1) is 0 Å². The van der Waals surface area contributed by atoms with Gasteiger partial charge < -0.3 is 4.90 Å². The molecule has 0 aliphatic carbocycles. The summed E-state index contributed by atoms with van der Waals surface area (Å²) >= 11 is 0. The summed E-state index contributed by atoms with van der Waals surface area (Å²) in [4.78, 5) is 2.33. The molecule has 0 bridgehead atoms. The van der Waals surface area contributed by atoms with Crippen LogP contribution in [0.5, 0.6) is 0 Å². The lowest BCUT2D eigenvalue weighted by atomic mass is 10.3. The van der Waals surface area contributed by atoms with Crippen LogP contribution < -0.4 is 4.90 Å². The molecule has 0 aromatic heterocycles. The smallest absolute Gasteiger partial charge is 0.0365 e. The fourth-order valence-corrected chi connectivity index (χ4v) is 1.23. The molecule has 0 atom stereocenters. The van der Waals surface area contributed by atoms with Gasteiger partial charge in [-0.2, -0.15) is 0 Å². The van der Waals surface area contributed by atoms with E-state index in [2.05, 4.69) is 43.0 Å². The van der Waals surface area contributed by atoms with Crippen LogP contribution in [0.25, 0.3) is 0 Å². The van der Waals surface area contributed by atoms with E-state index < -0.39 is 0 Å². The summed E-state index contributed by atoms with van der Waals surface area (Å²) in [6.45, 7) is 6.52.